The molecule has 16 aromatic rings. The summed E-state index contributed by atoms with van der Waals surface area (Å²) in [6, 6.07) is 48.7. The molecule has 0 atom stereocenters. The van der Waals surface area contributed by atoms with Crippen molar-refractivity contribution in [1.82, 2.24) is 79.0 Å². The third-order valence-electron chi connectivity index (χ3n) is 22.5. The van der Waals surface area contributed by atoms with Crippen LogP contribution in [0.4, 0.5) is 47.1 Å². The fourth-order valence-electron chi connectivity index (χ4n) is 15.9. The number of morpholine rings is 4. The molecule has 658 valence electrons. The summed E-state index contributed by atoms with van der Waals surface area (Å²) in [7, 11) is 0. The number of nitrogens with zero attached hydrogens (tertiary/aromatic N) is 20. The van der Waals surface area contributed by atoms with Crippen molar-refractivity contribution in [3.63, 3.8) is 0 Å². The highest BCUT2D eigenvalue weighted by Gasteiger charge is 2.30. The average molecular weight is 1720 g/mol. The molecule has 127 heavy (non-hydrogen) atoms. The monoisotopic (exact) mass is 1710 g/mol. The molecular weight excluding hydrogens is 1610 g/mol. The van der Waals surface area contributed by atoms with E-state index in [9.17, 15) is 0 Å². The fourth-order valence-corrected chi connectivity index (χ4v) is 15.9. The zero-order valence-electron chi connectivity index (χ0n) is 73.5. The van der Waals surface area contributed by atoms with Gasteiger partial charge in [0, 0.05) is 52.4 Å². The number of ether oxygens (including phenoxy) is 4. The van der Waals surface area contributed by atoms with Gasteiger partial charge in [0.2, 0.25) is 23.8 Å². The molecule has 32 nitrogen and oxygen atoms in total. The minimum Gasteiger partial charge on any atom is -0.467 e. The zero-order valence-corrected chi connectivity index (χ0v) is 73.5. The molecule has 16 heterocycles. The highest BCUT2D eigenvalue weighted by Crippen LogP contribution is 2.38. The van der Waals surface area contributed by atoms with E-state index in [2.05, 4.69) is 193 Å². The SMILES string of the molecule is CCCc1nn(-c2ccc(C)cc2)c2nc(NCc3ccco3)nc(N3CCOCC3)c12.CCCc1nn(-c2ccc(C)cc2)c2nc(NCc3ccco3)nc(N3CCOCC3)c12.CCCc1nn(-c2ccc(C)cc2)c2nc(NCc3ccco3)nc(N3CCOCC3)c12.CCc1nn(-c2ccc(C)cc2)c2nc(NCc3ccco3)nc(N3CCOCC3)c12. The average Bonchev–Trinajstić information content (AvgIpc) is 1.62. The Labute approximate surface area is 737 Å². The van der Waals surface area contributed by atoms with E-state index in [0.717, 1.165) is 233 Å². The van der Waals surface area contributed by atoms with Crippen LogP contribution in [-0.4, -0.2) is 184 Å². The second-order valence-corrected chi connectivity index (χ2v) is 31.8. The van der Waals surface area contributed by atoms with E-state index in [1.54, 1.807) is 25.1 Å². The highest BCUT2D eigenvalue weighted by atomic mass is 16.5. The van der Waals surface area contributed by atoms with E-state index >= 15 is 0 Å². The molecule has 0 spiro atoms. The number of furan rings is 4. The Morgan fingerprint density at radius 3 is 0.701 bits per heavy atom. The minimum absolute atomic E-state index is 0.514. The molecule has 4 fully saturated rings. The summed E-state index contributed by atoms with van der Waals surface area (Å²) >= 11 is 0. The molecule has 4 aliphatic rings. The topological polar surface area (TPSA) is 325 Å². The van der Waals surface area contributed by atoms with Crippen LogP contribution in [0.3, 0.4) is 0 Å². The molecule has 12 aromatic heterocycles. The van der Waals surface area contributed by atoms with Crippen LogP contribution < -0.4 is 40.9 Å². The zero-order chi connectivity index (χ0) is 87.0. The summed E-state index contributed by atoms with van der Waals surface area (Å²) < 4.78 is 52.0. The number of rotatable bonds is 27. The highest BCUT2D eigenvalue weighted by molar-refractivity contribution is 5.95. The molecule has 0 aliphatic carbocycles. The van der Waals surface area contributed by atoms with Gasteiger partial charge in [0.15, 0.2) is 22.6 Å². The fraction of sp³-hybridized carbons (Fsp3) is 0.368. The first kappa shape index (κ1) is 85.6. The number of fused-ring (bicyclic) bond motifs is 4. The lowest BCUT2D eigenvalue weighted by atomic mass is 10.2. The number of anilines is 8. The largest absolute Gasteiger partial charge is 0.467 e. The first-order chi connectivity index (χ1) is 62.4. The molecule has 4 aromatic carbocycles. The van der Waals surface area contributed by atoms with E-state index < -0.39 is 0 Å². The van der Waals surface area contributed by atoms with Crippen LogP contribution in [0.1, 0.15) is 115 Å². The van der Waals surface area contributed by atoms with E-state index in [1.165, 1.54) is 22.3 Å². The van der Waals surface area contributed by atoms with Crippen LogP contribution >= 0.6 is 0 Å². The van der Waals surface area contributed by atoms with Crippen LogP contribution in [0, 0.1) is 27.7 Å². The summed E-state index contributed by atoms with van der Waals surface area (Å²) in [5, 5.41) is 37.3. The lowest BCUT2D eigenvalue weighted by Gasteiger charge is -2.28. The number of nitrogens with one attached hydrogen (secondary N) is 4. The number of aryl methyl sites for hydroxylation is 8. The Morgan fingerprint density at radius 1 is 0.276 bits per heavy atom. The van der Waals surface area contributed by atoms with Gasteiger partial charge < -0.3 is 77.5 Å². The van der Waals surface area contributed by atoms with Gasteiger partial charge in [0.1, 0.15) is 46.3 Å². The molecule has 4 aliphatic heterocycles. The first-order valence-electron chi connectivity index (χ1n) is 44.2. The third-order valence-corrected chi connectivity index (χ3v) is 22.5. The van der Waals surface area contributed by atoms with Gasteiger partial charge in [-0.2, -0.15) is 60.3 Å². The Bertz CT molecular complexity index is 5760. The first-order valence-corrected chi connectivity index (χ1v) is 44.2. The van der Waals surface area contributed by atoms with E-state index in [4.69, 9.17) is 96.9 Å². The lowest BCUT2D eigenvalue weighted by Crippen LogP contribution is -2.37. The van der Waals surface area contributed by atoms with Gasteiger partial charge >= 0.3 is 0 Å². The van der Waals surface area contributed by atoms with Crippen molar-refractivity contribution >= 4 is 91.2 Å². The molecule has 0 saturated carbocycles. The summed E-state index contributed by atoms with van der Waals surface area (Å²) in [6.45, 7) is 30.9. The predicted octanol–water partition coefficient (Wildman–Crippen LogP) is 16.1. The lowest BCUT2D eigenvalue weighted by molar-refractivity contribution is 0.122. The summed E-state index contributed by atoms with van der Waals surface area (Å²) in [5.74, 6) is 9.24. The number of hydrogen-bond donors (Lipinski definition) is 4. The summed E-state index contributed by atoms with van der Waals surface area (Å²) in [6.07, 6.45) is 13.1. The van der Waals surface area contributed by atoms with Crippen molar-refractivity contribution < 1.29 is 36.6 Å². The van der Waals surface area contributed by atoms with Gasteiger partial charge in [-0.15, -0.1) is 0 Å². The van der Waals surface area contributed by atoms with Crippen LogP contribution in [0.15, 0.2) is 188 Å². The van der Waals surface area contributed by atoms with Gasteiger partial charge in [-0.3, -0.25) is 0 Å². The van der Waals surface area contributed by atoms with Crippen LogP contribution in [0.5, 0.6) is 0 Å². The Balaban J connectivity index is 0.000000119. The number of aromatic nitrogens is 16. The maximum atomic E-state index is 5.59. The number of hydrogen-bond acceptors (Lipinski definition) is 28. The Morgan fingerprint density at radius 2 is 0.496 bits per heavy atom. The minimum atomic E-state index is 0.514. The molecule has 0 radical (unpaired) electrons. The predicted molar refractivity (Wildman–Crippen MR) is 493 cm³/mol. The van der Waals surface area contributed by atoms with Gasteiger partial charge in [0.25, 0.3) is 0 Å². The van der Waals surface area contributed by atoms with Crippen molar-refractivity contribution in [2.75, 3.05) is 146 Å². The molecule has 32 heteroatoms. The Hall–Kier alpha value is -13.6. The van der Waals surface area contributed by atoms with Crippen LogP contribution in [0.25, 0.3) is 66.9 Å². The summed E-state index contributed by atoms with van der Waals surface area (Å²) in [5.41, 5.74) is 16.1. The summed E-state index contributed by atoms with van der Waals surface area (Å²) in [4.78, 5) is 48.5. The van der Waals surface area contributed by atoms with Crippen LogP contribution in [0.2, 0.25) is 0 Å². The maximum absolute atomic E-state index is 5.59. The molecule has 0 unspecified atom stereocenters. The molecule has 0 amide bonds. The van der Waals surface area contributed by atoms with Crippen molar-refractivity contribution in [3.8, 4) is 22.7 Å². The van der Waals surface area contributed by atoms with Gasteiger partial charge in [-0.25, -0.2) is 18.7 Å². The van der Waals surface area contributed by atoms with E-state index in [-0.39, 0.29) is 0 Å². The van der Waals surface area contributed by atoms with E-state index in [1.807, 2.05) is 67.3 Å². The molecule has 20 rings (SSSR count). The van der Waals surface area contributed by atoms with Gasteiger partial charge in [0.05, 0.1) is 171 Å². The molecule has 0 bridgehead atoms. The maximum Gasteiger partial charge on any atom is 0.227 e. The smallest absolute Gasteiger partial charge is 0.227 e. The van der Waals surface area contributed by atoms with Crippen molar-refractivity contribution in [2.45, 2.75) is 127 Å². The van der Waals surface area contributed by atoms with E-state index in [0.29, 0.717) is 103 Å². The Kier molecular flexibility index (Phi) is 27.4. The molecular formula is C95H110N24O8. The second kappa shape index (κ2) is 40.6. The van der Waals surface area contributed by atoms with Crippen molar-refractivity contribution in [1.29, 1.82) is 0 Å². The molecule has 4 saturated heterocycles. The van der Waals surface area contributed by atoms with Gasteiger partial charge in [-0.1, -0.05) is 118 Å². The van der Waals surface area contributed by atoms with Crippen LogP contribution in [-0.2, 0) is 70.8 Å². The van der Waals surface area contributed by atoms with Crippen molar-refractivity contribution in [3.05, 3.63) is 239 Å². The standard InChI is InChI=1S/3C24H28N6O2.C23H26N6O2/c3*1-3-5-20-21-22(29-11-14-31-15-12-29)26-24(25-16-19-6-4-13-32-19)27-23(21)30(28-20)18-9-7-17(2)8-10-18;1-3-19-20-21(28-10-13-30-14-11-28)25-23(24-15-18-5-4-12-31-18)26-22(20)29(27-19)17-8-6-16(2)7-9-17/h3*4,6-10,13H,3,5,11-12,14-16H2,1-2H3,(H,25,26,27);4-9,12H,3,10-11,13-15H2,1-2H3,(H,24,25,26). The quantitative estimate of drug-likeness (QED) is 0.0371. The van der Waals surface area contributed by atoms with Crippen molar-refractivity contribution in [2.24, 2.45) is 0 Å². The molecule has 4 N–H and O–H groups in total. The normalized spacial score (nSPS) is 14.3. The van der Waals surface area contributed by atoms with Gasteiger partial charge in [-0.05, 0) is 150 Å². The second-order valence-electron chi connectivity index (χ2n) is 31.8. The third kappa shape index (κ3) is 20.1. The number of benzene rings is 4.